The van der Waals surface area contributed by atoms with Crippen molar-refractivity contribution in [2.24, 2.45) is 0 Å². The number of nitrogens with one attached hydrogen (secondary N) is 1. The Morgan fingerprint density at radius 2 is 1.88 bits per heavy atom. The van der Waals surface area contributed by atoms with Crippen LogP contribution in [0.15, 0.2) is 46.6 Å². The Labute approximate surface area is 193 Å². The predicted molar refractivity (Wildman–Crippen MR) is 122 cm³/mol. The van der Waals surface area contributed by atoms with E-state index in [1.807, 2.05) is 13.8 Å². The van der Waals surface area contributed by atoms with Gasteiger partial charge in [-0.05, 0) is 70.7 Å². The van der Waals surface area contributed by atoms with E-state index in [1.54, 1.807) is 30.3 Å². The van der Waals surface area contributed by atoms with Crippen molar-refractivity contribution in [3.05, 3.63) is 63.3 Å². The molecule has 0 spiro atoms. The number of imide groups is 1. The molecule has 168 valence electrons. The molecular formula is C23H23BrN2O6. The van der Waals surface area contributed by atoms with E-state index in [4.69, 9.17) is 14.6 Å². The number of carboxylic acid groups (broad SMARTS) is 1. The highest BCUT2D eigenvalue weighted by Crippen LogP contribution is 2.38. The van der Waals surface area contributed by atoms with Crippen LogP contribution < -0.4 is 14.8 Å². The van der Waals surface area contributed by atoms with E-state index in [0.717, 1.165) is 5.56 Å². The summed E-state index contributed by atoms with van der Waals surface area (Å²) in [5, 5.41) is 11.6. The quantitative estimate of drug-likeness (QED) is 0.388. The van der Waals surface area contributed by atoms with Crippen LogP contribution in [0.1, 0.15) is 41.8 Å². The fourth-order valence-electron chi connectivity index (χ4n) is 3.14. The Morgan fingerprint density at radius 3 is 2.50 bits per heavy atom. The molecular weight excluding hydrogens is 480 g/mol. The summed E-state index contributed by atoms with van der Waals surface area (Å²) >= 11 is 3.49. The molecule has 32 heavy (non-hydrogen) atoms. The second kappa shape index (κ2) is 10.3. The number of amides is 3. The molecule has 0 saturated carbocycles. The minimum Gasteiger partial charge on any atom is -0.490 e. The molecule has 2 aromatic carbocycles. The average Bonchev–Trinajstić information content (AvgIpc) is 3.01. The van der Waals surface area contributed by atoms with Crippen molar-refractivity contribution in [1.82, 2.24) is 10.2 Å². The summed E-state index contributed by atoms with van der Waals surface area (Å²) in [6.07, 6.45) is 2.27. The van der Waals surface area contributed by atoms with E-state index < -0.39 is 12.0 Å². The van der Waals surface area contributed by atoms with Gasteiger partial charge >= 0.3 is 12.0 Å². The number of aromatic carboxylic acids is 1. The summed E-state index contributed by atoms with van der Waals surface area (Å²) in [4.78, 5) is 36.6. The van der Waals surface area contributed by atoms with Crippen molar-refractivity contribution in [3.8, 4) is 11.5 Å². The molecule has 3 amide bonds. The van der Waals surface area contributed by atoms with Gasteiger partial charge in [0.05, 0.1) is 16.6 Å². The lowest BCUT2D eigenvalue weighted by Crippen LogP contribution is -2.31. The topological polar surface area (TPSA) is 105 Å². The van der Waals surface area contributed by atoms with E-state index in [2.05, 4.69) is 21.2 Å². The van der Waals surface area contributed by atoms with Crippen LogP contribution in [0.4, 0.5) is 4.79 Å². The highest BCUT2D eigenvalue weighted by Gasteiger charge is 2.32. The maximum absolute atomic E-state index is 12.5. The Morgan fingerprint density at radius 1 is 1.16 bits per heavy atom. The van der Waals surface area contributed by atoms with Crippen LogP contribution in [-0.4, -0.2) is 41.1 Å². The van der Waals surface area contributed by atoms with Crippen LogP contribution in [0.2, 0.25) is 0 Å². The molecule has 0 atom stereocenters. The molecule has 9 heteroatoms. The first-order valence-electron chi connectivity index (χ1n) is 10.1. The fraction of sp³-hybridized carbons (Fsp3) is 0.261. The first-order chi connectivity index (χ1) is 15.3. The van der Waals surface area contributed by atoms with Crippen molar-refractivity contribution in [1.29, 1.82) is 0 Å². The van der Waals surface area contributed by atoms with Crippen molar-refractivity contribution >= 4 is 39.9 Å². The summed E-state index contributed by atoms with van der Waals surface area (Å²) < 4.78 is 12.3. The summed E-state index contributed by atoms with van der Waals surface area (Å²) in [6, 6.07) is 9.47. The van der Waals surface area contributed by atoms with Gasteiger partial charge in [0.1, 0.15) is 12.3 Å². The first kappa shape index (κ1) is 23.3. The number of nitrogens with zero attached hydrogens (tertiary/aromatic N) is 1. The van der Waals surface area contributed by atoms with E-state index >= 15 is 0 Å². The smallest absolute Gasteiger partial charge is 0.335 e. The molecule has 1 aliphatic heterocycles. The third-order valence-corrected chi connectivity index (χ3v) is 5.23. The third-order valence-electron chi connectivity index (χ3n) is 4.64. The number of halogens is 1. The lowest BCUT2D eigenvalue weighted by molar-refractivity contribution is -0.122. The predicted octanol–water partition coefficient (Wildman–Crippen LogP) is 4.43. The number of carboxylic acids is 1. The molecule has 8 nitrogen and oxygen atoms in total. The van der Waals surface area contributed by atoms with Crippen molar-refractivity contribution in [3.63, 3.8) is 0 Å². The summed E-state index contributed by atoms with van der Waals surface area (Å²) in [5.74, 6) is -0.404. The Bertz CT molecular complexity index is 1060. The Balaban J connectivity index is 1.82. The molecule has 0 bridgehead atoms. The fourth-order valence-corrected chi connectivity index (χ4v) is 3.71. The first-order valence-corrected chi connectivity index (χ1v) is 10.9. The number of carbonyl (C=O) groups excluding carboxylic acids is 2. The summed E-state index contributed by atoms with van der Waals surface area (Å²) in [6.45, 7) is 4.70. The number of carbonyl (C=O) groups is 3. The zero-order chi connectivity index (χ0) is 23.3. The van der Waals surface area contributed by atoms with Gasteiger partial charge in [0, 0.05) is 6.54 Å². The van der Waals surface area contributed by atoms with Crippen molar-refractivity contribution in [2.45, 2.75) is 26.9 Å². The molecule has 0 unspecified atom stereocenters. The largest absolute Gasteiger partial charge is 0.490 e. The van der Waals surface area contributed by atoms with E-state index in [0.29, 0.717) is 41.1 Å². The zero-order valence-electron chi connectivity index (χ0n) is 17.7. The van der Waals surface area contributed by atoms with Gasteiger partial charge in [-0.25, -0.2) is 9.59 Å². The van der Waals surface area contributed by atoms with Gasteiger partial charge in [-0.3, -0.25) is 9.69 Å². The molecule has 2 N–H and O–H groups in total. The van der Waals surface area contributed by atoms with Gasteiger partial charge in [-0.15, -0.1) is 0 Å². The Kier molecular flexibility index (Phi) is 7.53. The van der Waals surface area contributed by atoms with E-state index in [1.165, 1.54) is 17.0 Å². The number of benzene rings is 2. The highest BCUT2D eigenvalue weighted by molar-refractivity contribution is 9.10. The van der Waals surface area contributed by atoms with Crippen LogP contribution in [0, 0.1) is 0 Å². The molecule has 0 aliphatic carbocycles. The zero-order valence-corrected chi connectivity index (χ0v) is 19.3. The minimum absolute atomic E-state index is 0.199. The molecule has 1 aliphatic rings. The third kappa shape index (κ3) is 5.28. The highest BCUT2D eigenvalue weighted by atomic mass is 79.9. The number of hydrogen-bond acceptors (Lipinski definition) is 5. The SMILES string of the molecule is CCCN1C(=O)N/C(=C/c2cc(Br)c(OCc3ccc(C(=O)O)cc3)c(OCC)c2)C1=O. The average molecular weight is 503 g/mol. The molecule has 0 radical (unpaired) electrons. The van der Waals surface area contributed by atoms with Crippen LogP contribution in [-0.2, 0) is 11.4 Å². The van der Waals surface area contributed by atoms with Crippen LogP contribution in [0.5, 0.6) is 11.5 Å². The van der Waals surface area contributed by atoms with Gasteiger partial charge in [-0.2, -0.15) is 0 Å². The molecule has 3 rings (SSSR count). The second-order valence-corrected chi connectivity index (χ2v) is 7.85. The van der Waals surface area contributed by atoms with Gasteiger partial charge in [0.25, 0.3) is 5.91 Å². The molecule has 1 heterocycles. The van der Waals surface area contributed by atoms with Gasteiger partial charge in [0.2, 0.25) is 0 Å². The second-order valence-electron chi connectivity index (χ2n) is 7.00. The number of urea groups is 1. The van der Waals surface area contributed by atoms with Crippen LogP contribution in [0.25, 0.3) is 6.08 Å². The maximum Gasteiger partial charge on any atom is 0.335 e. The molecule has 1 saturated heterocycles. The normalized spacial score (nSPS) is 14.6. The summed E-state index contributed by atoms with van der Waals surface area (Å²) in [5.41, 5.74) is 1.85. The van der Waals surface area contributed by atoms with Crippen LogP contribution >= 0.6 is 15.9 Å². The minimum atomic E-state index is -0.988. The lowest BCUT2D eigenvalue weighted by atomic mass is 10.1. The molecule has 0 aromatic heterocycles. The monoisotopic (exact) mass is 502 g/mol. The maximum atomic E-state index is 12.5. The number of hydrogen-bond donors (Lipinski definition) is 2. The van der Waals surface area contributed by atoms with Gasteiger partial charge in [0.15, 0.2) is 11.5 Å². The Hall–Kier alpha value is -3.33. The van der Waals surface area contributed by atoms with Gasteiger partial charge < -0.3 is 19.9 Å². The molecule has 1 fully saturated rings. The van der Waals surface area contributed by atoms with Gasteiger partial charge in [-0.1, -0.05) is 19.1 Å². The van der Waals surface area contributed by atoms with E-state index in [9.17, 15) is 14.4 Å². The van der Waals surface area contributed by atoms with Crippen LogP contribution in [0.3, 0.4) is 0 Å². The van der Waals surface area contributed by atoms with E-state index in [-0.39, 0.29) is 23.8 Å². The van der Waals surface area contributed by atoms with Crippen molar-refractivity contribution in [2.75, 3.05) is 13.2 Å². The lowest BCUT2D eigenvalue weighted by Gasteiger charge is -2.15. The number of ether oxygens (including phenoxy) is 2. The number of rotatable bonds is 9. The standard InChI is InChI=1S/C23H23BrN2O6/c1-3-9-26-21(27)18(25-23(26)30)11-15-10-17(24)20(19(12-15)31-4-2)32-13-14-5-7-16(8-6-14)22(28)29/h5-8,10-12H,3-4,9,13H2,1-2H3,(H,25,30)(H,28,29)/b18-11+. The molecule has 2 aromatic rings. The summed E-state index contributed by atoms with van der Waals surface area (Å²) in [7, 11) is 0. The van der Waals surface area contributed by atoms with Crippen molar-refractivity contribution < 1.29 is 29.0 Å².